The van der Waals surface area contributed by atoms with Gasteiger partial charge in [-0.05, 0) is 31.7 Å². The van der Waals surface area contributed by atoms with Gasteiger partial charge in [-0.25, -0.2) is 9.97 Å². The van der Waals surface area contributed by atoms with E-state index in [4.69, 9.17) is 4.98 Å². The Labute approximate surface area is 188 Å². The van der Waals surface area contributed by atoms with E-state index in [0.717, 1.165) is 66.9 Å². The molecule has 32 heavy (non-hydrogen) atoms. The molecule has 0 saturated carbocycles. The van der Waals surface area contributed by atoms with E-state index in [9.17, 15) is 0 Å². The molecule has 1 saturated heterocycles. The summed E-state index contributed by atoms with van der Waals surface area (Å²) < 4.78 is 1.98. The van der Waals surface area contributed by atoms with E-state index < -0.39 is 0 Å². The van der Waals surface area contributed by atoms with Gasteiger partial charge in [0.25, 0.3) is 0 Å². The second-order valence-electron chi connectivity index (χ2n) is 8.39. The molecule has 0 radical (unpaired) electrons. The number of benzene rings is 2. The lowest BCUT2D eigenvalue weighted by Gasteiger charge is -2.34. The fraction of sp³-hybridized carbons (Fsp3) is 0.320. The maximum absolute atomic E-state index is 4.87. The fourth-order valence-corrected chi connectivity index (χ4v) is 4.18. The number of anilines is 3. The number of piperazine rings is 1. The number of para-hydroxylation sites is 1. The molecule has 0 aliphatic carbocycles. The summed E-state index contributed by atoms with van der Waals surface area (Å²) >= 11 is 0. The third kappa shape index (κ3) is 4.29. The van der Waals surface area contributed by atoms with Crippen LogP contribution in [0, 0.1) is 0 Å². The second kappa shape index (κ2) is 8.96. The van der Waals surface area contributed by atoms with Crippen molar-refractivity contribution in [3.05, 3.63) is 61.1 Å². The first-order valence-electron chi connectivity index (χ1n) is 11.3. The van der Waals surface area contributed by atoms with Crippen molar-refractivity contribution >= 4 is 28.2 Å². The number of hydrogen-bond acceptors (Lipinski definition) is 6. The van der Waals surface area contributed by atoms with Crippen LogP contribution in [0.3, 0.4) is 0 Å². The average Bonchev–Trinajstić information content (AvgIpc) is 3.28. The van der Waals surface area contributed by atoms with Crippen molar-refractivity contribution in [3.63, 3.8) is 0 Å². The summed E-state index contributed by atoms with van der Waals surface area (Å²) in [6, 6.07) is 14.7. The molecule has 7 nitrogen and oxygen atoms in total. The van der Waals surface area contributed by atoms with Crippen LogP contribution in [0.1, 0.15) is 13.3 Å². The van der Waals surface area contributed by atoms with Gasteiger partial charge in [-0.15, -0.1) is 0 Å². The van der Waals surface area contributed by atoms with Gasteiger partial charge in [-0.2, -0.15) is 5.10 Å². The maximum atomic E-state index is 4.87. The molecular formula is C25H29N7. The minimum atomic E-state index is 0.599. The summed E-state index contributed by atoms with van der Waals surface area (Å²) in [6.45, 7) is 7.33. The number of rotatable bonds is 6. The van der Waals surface area contributed by atoms with Crippen LogP contribution in [0.5, 0.6) is 0 Å². The van der Waals surface area contributed by atoms with E-state index in [2.05, 4.69) is 75.7 Å². The molecule has 2 aromatic carbocycles. The van der Waals surface area contributed by atoms with Crippen molar-refractivity contribution in [1.82, 2.24) is 24.6 Å². The lowest BCUT2D eigenvalue weighted by molar-refractivity contribution is 0.313. The molecule has 1 N–H and O–H groups in total. The van der Waals surface area contributed by atoms with E-state index in [1.807, 2.05) is 29.2 Å². The largest absolute Gasteiger partial charge is 0.369 e. The average molecular weight is 428 g/mol. The number of aromatic nitrogens is 4. The molecule has 1 aliphatic heterocycles. The van der Waals surface area contributed by atoms with Gasteiger partial charge >= 0.3 is 0 Å². The summed E-state index contributed by atoms with van der Waals surface area (Å²) in [6.07, 6.45) is 6.95. The van der Waals surface area contributed by atoms with E-state index in [0.29, 0.717) is 5.95 Å². The summed E-state index contributed by atoms with van der Waals surface area (Å²) in [5.74, 6) is 0.599. The van der Waals surface area contributed by atoms with Gasteiger partial charge < -0.3 is 15.1 Å². The third-order valence-electron chi connectivity index (χ3n) is 5.98. The van der Waals surface area contributed by atoms with Gasteiger partial charge in [0.2, 0.25) is 5.95 Å². The van der Waals surface area contributed by atoms with Crippen LogP contribution in [0.15, 0.2) is 61.1 Å². The molecule has 0 amide bonds. The molecule has 0 atom stereocenters. The SMILES string of the molecule is CCCn1cc(-c2cccc3cnc(Nc4cccc(N5CCN(C)CC5)c4)nc23)cn1. The minimum absolute atomic E-state index is 0.599. The molecular weight excluding hydrogens is 398 g/mol. The van der Waals surface area contributed by atoms with Crippen LogP contribution in [-0.4, -0.2) is 57.9 Å². The number of likely N-dealkylation sites (N-methyl/N-ethyl adjacent to an activating group) is 1. The molecule has 0 unspecified atom stereocenters. The van der Waals surface area contributed by atoms with Crippen LogP contribution < -0.4 is 10.2 Å². The molecule has 7 heteroatoms. The molecule has 1 aliphatic rings. The first kappa shape index (κ1) is 20.5. The molecule has 4 aromatic rings. The zero-order valence-corrected chi connectivity index (χ0v) is 18.7. The smallest absolute Gasteiger partial charge is 0.227 e. The highest BCUT2D eigenvalue weighted by Crippen LogP contribution is 2.28. The molecule has 1 fully saturated rings. The lowest BCUT2D eigenvalue weighted by Crippen LogP contribution is -2.44. The predicted molar refractivity (Wildman–Crippen MR) is 130 cm³/mol. The number of hydrogen-bond donors (Lipinski definition) is 1. The van der Waals surface area contributed by atoms with Gasteiger partial charge in [-0.1, -0.05) is 31.2 Å². The number of nitrogens with one attached hydrogen (secondary N) is 1. The third-order valence-corrected chi connectivity index (χ3v) is 5.98. The quantitative estimate of drug-likeness (QED) is 0.492. The van der Waals surface area contributed by atoms with Gasteiger partial charge in [-0.3, -0.25) is 4.68 Å². The Morgan fingerprint density at radius 3 is 2.69 bits per heavy atom. The molecule has 0 bridgehead atoms. The molecule has 2 aromatic heterocycles. The topological polar surface area (TPSA) is 62.1 Å². The molecule has 5 rings (SSSR count). The van der Waals surface area contributed by atoms with Crippen LogP contribution in [0.25, 0.3) is 22.0 Å². The van der Waals surface area contributed by atoms with Gasteiger partial charge in [0.15, 0.2) is 0 Å². The van der Waals surface area contributed by atoms with Crippen LogP contribution >= 0.6 is 0 Å². The minimum Gasteiger partial charge on any atom is -0.369 e. The predicted octanol–water partition coefficient (Wildman–Crippen LogP) is 4.40. The Morgan fingerprint density at radius 2 is 1.84 bits per heavy atom. The summed E-state index contributed by atoms with van der Waals surface area (Å²) in [7, 11) is 2.18. The first-order valence-corrected chi connectivity index (χ1v) is 11.3. The van der Waals surface area contributed by atoms with E-state index >= 15 is 0 Å². The van der Waals surface area contributed by atoms with Crippen molar-refractivity contribution in [2.24, 2.45) is 0 Å². The van der Waals surface area contributed by atoms with Crippen molar-refractivity contribution in [3.8, 4) is 11.1 Å². The Morgan fingerprint density at radius 1 is 1.00 bits per heavy atom. The van der Waals surface area contributed by atoms with Crippen molar-refractivity contribution in [2.75, 3.05) is 43.4 Å². The summed E-state index contributed by atoms with van der Waals surface area (Å²) in [5.41, 5.74) is 5.30. The monoisotopic (exact) mass is 427 g/mol. The van der Waals surface area contributed by atoms with E-state index in [1.54, 1.807) is 0 Å². The Hall–Kier alpha value is -3.45. The van der Waals surface area contributed by atoms with Gasteiger partial charge in [0.05, 0.1) is 11.7 Å². The number of nitrogens with zero attached hydrogens (tertiary/aromatic N) is 6. The van der Waals surface area contributed by atoms with Crippen molar-refractivity contribution < 1.29 is 0 Å². The Bertz CT molecular complexity index is 1210. The highest BCUT2D eigenvalue weighted by Gasteiger charge is 2.15. The molecule has 0 spiro atoms. The van der Waals surface area contributed by atoms with Crippen LogP contribution in [-0.2, 0) is 6.54 Å². The lowest BCUT2D eigenvalue weighted by atomic mass is 10.1. The Balaban J connectivity index is 1.42. The van der Waals surface area contributed by atoms with E-state index in [-0.39, 0.29) is 0 Å². The first-order chi connectivity index (χ1) is 15.7. The zero-order chi connectivity index (χ0) is 21.9. The molecule has 3 heterocycles. The van der Waals surface area contributed by atoms with Gasteiger partial charge in [0.1, 0.15) is 0 Å². The van der Waals surface area contributed by atoms with E-state index in [1.165, 1.54) is 5.69 Å². The van der Waals surface area contributed by atoms with Crippen LogP contribution in [0.4, 0.5) is 17.3 Å². The Kier molecular flexibility index (Phi) is 5.73. The highest BCUT2D eigenvalue weighted by atomic mass is 15.3. The van der Waals surface area contributed by atoms with Crippen molar-refractivity contribution in [1.29, 1.82) is 0 Å². The standard InChI is InChI=1S/C25H29N7/c1-3-10-32-18-20(17-27-32)23-9-4-6-19-16-26-25(29-24(19)23)28-21-7-5-8-22(15-21)31-13-11-30(2)12-14-31/h4-9,15-18H,3,10-14H2,1-2H3,(H,26,28,29). The summed E-state index contributed by atoms with van der Waals surface area (Å²) in [5, 5.41) is 8.91. The van der Waals surface area contributed by atoms with Crippen LogP contribution in [0.2, 0.25) is 0 Å². The number of fused-ring (bicyclic) bond motifs is 1. The molecule has 164 valence electrons. The number of aryl methyl sites for hydroxylation is 1. The summed E-state index contributed by atoms with van der Waals surface area (Å²) in [4.78, 5) is 14.2. The van der Waals surface area contributed by atoms with Gasteiger partial charge in [0, 0.05) is 73.0 Å². The zero-order valence-electron chi connectivity index (χ0n) is 18.7. The highest BCUT2D eigenvalue weighted by molar-refractivity contribution is 5.93. The normalized spacial score (nSPS) is 14.8. The fourth-order valence-electron chi connectivity index (χ4n) is 4.18. The second-order valence-corrected chi connectivity index (χ2v) is 8.39. The maximum Gasteiger partial charge on any atom is 0.227 e. The van der Waals surface area contributed by atoms with Crippen molar-refractivity contribution in [2.45, 2.75) is 19.9 Å².